The second kappa shape index (κ2) is 704. The highest BCUT2D eigenvalue weighted by molar-refractivity contribution is 4.22. The Bertz CT molecular complexity index is 4.75. The predicted molar refractivity (Wildman–Crippen MR) is 60.7 cm³/mol. The Morgan fingerprint density at radius 3 is 0.300 bits per heavy atom. The van der Waals surface area contributed by atoms with E-state index in [4.69, 9.17) is 0 Å². The molecule has 0 aliphatic heterocycles. The van der Waals surface area contributed by atoms with Gasteiger partial charge in [0.25, 0.3) is 0 Å². The lowest BCUT2D eigenvalue weighted by atomic mass is 11.3. The minimum absolute atomic E-state index is 0. The third-order valence-corrected chi connectivity index (χ3v) is 0. The van der Waals surface area contributed by atoms with Crippen LogP contribution in [0.25, 0.3) is 0 Å². The summed E-state index contributed by atoms with van der Waals surface area (Å²) < 4.78 is 0. The molecule has 0 radical (unpaired) electrons. The minimum Gasteiger partial charge on any atom is -0.106 e. The SMILES string of the molecule is C.C.C.C.C=C.C=C.C=C. The number of hydrogen-bond acceptors (Lipinski definition) is 0. The molecule has 0 aromatic carbocycles. The van der Waals surface area contributed by atoms with E-state index in [1.807, 2.05) is 0 Å². The first-order valence-electron chi connectivity index (χ1n) is 1.50. The zero-order valence-corrected chi connectivity index (χ0v) is 4.24. The maximum atomic E-state index is 3.00. The molecule has 0 aromatic rings. The van der Waals surface area contributed by atoms with Gasteiger partial charge in [-0.25, -0.2) is 0 Å². The summed E-state index contributed by atoms with van der Waals surface area (Å²) >= 11 is 0. The molecular weight excluding hydrogens is 120 g/mol. The summed E-state index contributed by atoms with van der Waals surface area (Å²) in [5.41, 5.74) is 0. The second-order valence-electron chi connectivity index (χ2n) is 0. The van der Waals surface area contributed by atoms with Crippen LogP contribution < -0.4 is 0 Å². The summed E-state index contributed by atoms with van der Waals surface area (Å²) in [6.07, 6.45) is 0. The van der Waals surface area contributed by atoms with Crippen LogP contribution in [0, 0.1) is 0 Å². The monoisotopic (exact) mass is 148 g/mol. The Labute approximate surface area is 70.0 Å². The largest absolute Gasteiger partial charge is 0.106 e. The van der Waals surface area contributed by atoms with E-state index in [-0.39, 0.29) is 29.7 Å². The third-order valence-electron chi connectivity index (χ3n) is 0. The molecule has 0 heterocycles. The molecule has 0 heteroatoms. The lowest BCUT2D eigenvalue weighted by Gasteiger charge is -0.813. The smallest absolute Gasteiger partial charge is 0.0776 e. The summed E-state index contributed by atoms with van der Waals surface area (Å²) in [6, 6.07) is 0. The molecule has 0 amide bonds. The van der Waals surface area contributed by atoms with Gasteiger partial charge in [0.15, 0.2) is 0 Å². The van der Waals surface area contributed by atoms with E-state index >= 15 is 0 Å². The molecule has 0 aromatic heterocycles. The molecule has 0 nitrogen and oxygen atoms in total. The standard InChI is InChI=1S/3C2H4.4CH4/c3*1-2;;;;/h3*1-2H2;4*1H4. The van der Waals surface area contributed by atoms with Gasteiger partial charge in [-0.2, -0.15) is 0 Å². The van der Waals surface area contributed by atoms with Crippen molar-refractivity contribution in [1.29, 1.82) is 0 Å². The van der Waals surface area contributed by atoms with Crippen molar-refractivity contribution in [3.05, 3.63) is 39.5 Å². The van der Waals surface area contributed by atoms with Crippen LogP contribution >= 0.6 is 0 Å². The molecule has 0 rings (SSSR count). The van der Waals surface area contributed by atoms with Gasteiger partial charge in [0, 0.05) is 0 Å². The van der Waals surface area contributed by atoms with E-state index in [9.17, 15) is 0 Å². The van der Waals surface area contributed by atoms with E-state index in [0.29, 0.717) is 0 Å². The summed E-state index contributed by atoms with van der Waals surface area (Å²) in [6.45, 7) is 18.0. The molecular formula is C10H28. The lowest BCUT2D eigenvalue weighted by molar-refractivity contribution is 2.50. The van der Waals surface area contributed by atoms with Crippen LogP contribution in [-0.2, 0) is 0 Å². The van der Waals surface area contributed by atoms with E-state index in [0.717, 1.165) is 0 Å². The van der Waals surface area contributed by atoms with Crippen LogP contribution in [0.4, 0.5) is 0 Å². The Morgan fingerprint density at radius 2 is 0.300 bits per heavy atom. The van der Waals surface area contributed by atoms with Crippen LogP contribution in [0.2, 0.25) is 0 Å². The van der Waals surface area contributed by atoms with Crippen molar-refractivity contribution in [2.24, 2.45) is 0 Å². The zero-order chi connectivity index (χ0) is 6.00. The highest BCUT2D eigenvalue weighted by atomic mass is 12.7. The minimum atomic E-state index is 0. The topological polar surface area (TPSA) is 0 Å². The highest BCUT2D eigenvalue weighted by Crippen LogP contribution is 0.866. The Hall–Kier alpha value is -0.780. The molecule has 68 valence electrons. The summed E-state index contributed by atoms with van der Waals surface area (Å²) in [5, 5.41) is 0. The molecule has 0 unspecified atom stereocenters. The highest BCUT2D eigenvalue weighted by Gasteiger charge is 0.605. The first kappa shape index (κ1) is 126. The van der Waals surface area contributed by atoms with Gasteiger partial charge in [-0.15, -0.1) is 39.5 Å². The van der Waals surface area contributed by atoms with Crippen molar-refractivity contribution in [2.75, 3.05) is 0 Å². The van der Waals surface area contributed by atoms with Gasteiger partial charge >= 0.3 is 0 Å². The van der Waals surface area contributed by atoms with E-state index in [1.54, 1.807) is 0 Å². The average Bonchev–Trinajstić information content (AvgIpc) is 1.81. The Morgan fingerprint density at radius 1 is 0.300 bits per heavy atom. The molecule has 0 spiro atoms. The van der Waals surface area contributed by atoms with E-state index < -0.39 is 0 Å². The lowest BCUT2D eigenvalue weighted by Crippen LogP contribution is -0.552. The molecule has 0 N–H and O–H groups in total. The van der Waals surface area contributed by atoms with Crippen molar-refractivity contribution in [1.82, 2.24) is 0 Å². The predicted octanol–water partition coefficient (Wildman–Crippen LogP) is 4.95. The van der Waals surface area contributed by atoms with Crippen molar-refractivity contribution in [2.45, 2.75) is 29.7 Å². The normalized spacial score (nSPS) is 1.20. The first-order chi connectivity index (χ1) is 3.00. The second-order valence-corrected chi connectivity index (χ2v) is 0. The van der Waals surface area contributed by atoms with Crippen molar-refractivity contribution in [3.8, 4) is 0 Å². The molecule has 0 atom stereocenters. The molecule has 0 aliphatic rings. The zero-order valence-electron chi connectivity index (χ0n) is 4.24. The van der Waals surface area contributed by atoms with Crippen LogP contribution in [0.3, 0.4) is 0 Å². The van der Waals surface area contributed by atoms with E-state index in [2.05, 4.69) is 39.5 Å². The average molecular weight is 148 g/mol. The van der Waals surface area contributed by atoms with Gasteiger partial charge in [0.1, 0.15) is 0 Å². The van der Waals surface area contributed by atoms with Gasteiger partial charge in [-0.3, -0.25) is 0 Å². The van der Waals surface area contributed by atoms with Crippen molar-refractivity contribution in [3.63, 3.8) is 0 Å². The quantitative estimate of drug-likeness (QED) is 0.426. The Kier molecular flexibility index (Phi) is 8900. The Balaban J connectivity index is -0.00000000225. The third kappa shape index (κ3) is 459. The van der Waals surface area contributed by atoms with Crippen molar-refractivity contribution < 1.29 is 0 Å². The summed E-state index contributed by atoms with van der Waals surface area (Å²) in [7, 11) is 0. The molecule has 10 heavy (non-hydrogen) atoms. The van der Waals surface area contributed by atoms with Gasteiger partial charge in [-0.1, -0.05) is 29.7 Å². The van der Waals surface area contributed by atoms with Gasteiger partial charge in [0.05, 0.1) is 0 Å². The fraction of sp³-hybridized carbons (Fsp3) is 0.400. The van der Waals surface area contributed by atoms with Crippen molar-refractivity contribution >= 4 is 0 Å². The maximum Gasteiger partial charge on any atom is -0.0776 e. The summed E-state index contributed by atoms with van der Waals surface area (Å²) in [5.74, 6) is 0. The molecule has 0 aliphatic carbocycles. The van der Waals surface area contributed by atoms with Crippen LogP contribution in [0.5, 0.6) is 0 Å². The summed E-state index contributed by atoms with van der Waals surface area (Å²) in [4.78, 5) is 0. The maximum absolute atomic E-state index is 3.00. The number of rotatable bonds is 0. The van der Waals surface area contributed by atoms with Crippen LogP contribution in [-0.4, -0.2) is 0 Å². The van der Waals surface area contributed by atoms with Crippen LogP contribution in [0.15, 0.2) is 39.5 Å². The van der Waals surface area contributed by atoms with Crippen LogP contribution in [0.1, 0.15) is 29.7 Å². The molecule has 0 saturated carbocycles. The van der Waals surface area contributed by atoms with Gasteiger partial charge < -0.3 is 0 Å². The van der Waals surface area contributed by atoms with Gasteiger partial charge in [0.2, 0.25) is 0 Å². The fourth-order valence-electron chi connectivity index (χ4n) is 0. The molecule has 0 bridgehead atoms. The molecule has 0 fully saturated rings. The number of hydrogen-bond donors (Lipinski definition) is 0. The van der Waals surface area contributed by atoms with Gasteiger partial charge in [-0.05, 0) is 0 Å². The fourth-order valence-corrected chi connectivity index (χ4v) is 0. The first-order valence-corrected chi connectivity index (χ1v) is 1.50. The van der Waals surface area contributed by atoms with E-state index in [1.165, 1.54) is 0 Å². The molecule has 0 saturated heterocycles.